The SMILES string of the molecule is N#Cc1ccc(C(=O)NC2CCCCCC2C(=O)O)cc1. The molecule has 2 atom stereocenters. The van der Waals surface area contributed by atoms with Crippen molar-refractivity contribution in [1.82, 2.24) is 5.32 Å². The van der Waals surface area contributed by atoms with Crippen LogP contribution in [0.15, 0.2) is 24.3 Å². The van der Waals surface area contributed by atoms with Crippen LogP contribution in [0.3, 0.4) is 0 Å². The van der Waals surface area contributed by atoms with Gasteiger partial charge in [0.15, 0.2) is 0 Å². The van der Waals surface area contributed by atoms with Crippen molar-refractivity contribution in [3.63, 3.8) is 0 Å². The van der Waals surface area contributed by atoms with E-state index in [4.69, 9.17) is 5.26 Å². The third-order valence-electron chi connectivity index (χ3n) is 3.93. The summed E-state index contributed by atoms with van der Waals surface area (Å²) in [6.45, 7) is 0. The van der Waals surface area contributed by atoms with Crippen LogP contribution >= 0.6 is 0 Å². The first-order valence-electron chi connectivity index (χ1n) is 7.15. The topological polar surface area (TPSA) is 90.2 Å². The lowest BCUT2D eigenvalue weighted by Gasteiger charge is -2.22. The average Bonchev–Trinajstić information content (AvgIpc) is 2.72. The molecule has 1 aliphatic carbocycles. The molecule has 0 radical (unpaired) electrons. The van der Waals surface area contributed by atoms with Crippen LogP contribution in [-0.2, 0) is 4.79 Å². The van der Waals surface area contributed by atoms with Gasteiger partial charge in [-0.3, -0.25) is 9.59 Å². The maximum Gasteiger partial charge on any atom is 0.308 e. The predicted octanol–water partition coefficient (Wildman–Crippen LogP) is 2.32. The molecule has 0 aromatic heterocycles. The minimum atomic E-state index is -0.845. The van der Waals surface area contributed by atoms with Crippen molar-refractivity contribution < 1.29 is 14.7 Å². The molecule has 0 aliphatic heterocycles. The van der Waals surface area contributed by atoms with E-state index in [0.717, 1.165) is 19.3 Å². The van der Waals surface area contributed by atoms with Gasteiger partial charge in [-0.15, -0.1) is 0 Å². The largest absolute Gasteiger partial charge is 0.481 e. The molecule has 1 amide bonds. The molecule has 5 nitrogen and oxygen atoms in total. The van der Waals surface area contributed by atoms with Crippen molar-refractivity contribution in [3.8, 4) is 6.07 Å². The Bertz CT molecular complexity index is 560. The van der Waals surface area contributed by atoms with Gasteiger partial charge in [0.25, 0.3) is 5.91 Å². The lowest BCUT2D eigenvalue weighted by Crippen LogP contribution is -2.42. The molecule has 21 heavy (non-hydrogen) atoms. The smallest absolute Gasteiger partial charge is 0.308 e. The van der Waals surface area contributed by atoms with E-state index in [1.54, 1.807) is 24.3 Å². The summed E-state index contributed by atoms with van der Waals surface area (Å²) in [7, 11) is 0. The Kier molecular flexibility index (Phi) is 4.94. The number of nitrogens with one attached hydrogen (secondary N) is 1. The van der Waals surface area contributed by atoms with E-state index in [9.17, 15) is 14.7 Å². The third kappa shape index (κ3) is 3.82. The van der Waals surface area contributed by atoms with Crippen LogP contribution in [-0.4, -0.2) is 23.0 Å². The number of rotatable bonds is 3. The normalized spacial score (nSPS) is 21.9. The van der Waals surface area contributed by atoms with Crippen molar-refractivity contribution in [3.05, 3.63) is 35.4 Å². The maximum atomic E-state index is 12.2. The summed E-state index contributed by atoms with van der Waals surface area (Å²) in [4.78, 5) is 23.5. The fourth-order valence-electron chi connectivity index (χ4n) is 2.72. The molecule has 0 heterocycles. The summed E-state index contributed by atoms with van der Waals surface area (Å²) >= 11 is 0. The van der Waals surface area contributed by atoms with Crippen molar-refractivity contribution in [2.45, 2.75) is 38.1 Å². The van der Waals surface area contributed by atoms with Crippen molar-refractivity contribution in [1.29, 1.82) is 5.26 Å². The van der Waals surface area contributed by atoms with E-state index >= 15 is 0 Å². The lowest BCUT2D eigenvalue weighted by molar-refractivity contribution is -0.142. The Labute approximate surface area is 123 Å². The van der Waals surface area contributed by atoms with E-state index in [1.165, 1.54) is 0 Å². The Morgan fingerprint density at radius 2 is 1.81 bits per heavy atom. The number of nitrogens with zero attached hydrogens (tertiary/aromatic N) is 1. The van der Waals surface area contributed by atoms with Crippen LogP contribution in [0.1, 0.15) is 48.0 Å². The van der Waals surface area contributed by atoms with Gasteiger partial charge in [-0.25, -0.2) is 0 Å². The van der Waals surface area contributed by atoms with Gasteiger partial charge in [0.1, 0.15) is 0 Å². The van der Waals surface area contributed by atoms with Gasteiger partial charge in [0.2, 0.25) is 0 Å². The molecule has 0 saturated heterocycles. The predicted molar refractivity (Wildman–Crippen MR) is 76.6 cm³/mol. The van der Waals surface area contributed by atoms with Crippen LogP contribution < -0.4 is 5.32 Å². The highest BCUT2D eigenvalue weighted by atomic mass is 16.4. The molecule has 0 spiro atoms. The molecule has 2 rings (SSSR count). The molecule has 1 aromatic rings. The number of carboxylic acid groups (broad SMARTS) is 1. The summed E-state index contributed by atoms with van der Waals surface area (Å²) in [5.41, 5.74) is 0.937. The summed E-state index contributed by atoms with van der Waals surface area (Å²) < 4.78 is 0. The van der Waals surface area contributed by atoms with Crippen molar-refractivity contribution in [2.24, 2.45) is 5.92 Å². The monoisotopic (exact) mass is 286 g/mol. The molecule has 1 saturated carbocycles. The third-order valence-corrected chi connectivity index (χ3v) is 3.93. The molecular weight excluding hydrogens is 268 g/mol. The second kappa shape index (κ2) is 6.89. The highest BCUT2D eigenvalue weighted by Crippen LogP contribution is 2.24. The zero-order valence-electron chi connectivity index (χ0n) is 11.7. The van der Waals surface area contributed by atoms with Crippen molar-refractivity contribution in [2.75, 3.05) is 0 Å². The second-order valence-electron chi connectivity index (χ2n) is 5.35. The standard InChI is InChI=1S/C16H18N2O3/c17-10-11-6-8-12(9-7-11)15(19)18-14-5-3-1-2-4-13(14)16(20)21/h6-9,13-14H,1-5H2,(H,18,19)(H,20,21). The number of carbonyl (C=O) groups excluding carboxylic acids is 1. The van der Waals surface area contributed by atoms with Gasteiger partial charge in [0.05, 0.1) is 17.6 Å². The first-order chi connectivity index (χ1) is 10.1. The molecule has 1 aromatic carbocycles. The fourth-order valence-corrected chi connectivity index (χ4v) is 2.72. The number of amides is 1. The van der Waals surface area contributed by atoms with Gasteiger partial charge in [-0.05, 0) is 37.1 Å². The van der Waals surface area contributed by atoms with E-state index in [-0.39, 0.29) is 11.9 Å². The summed E-state index contributed by atoms with van der Waals surface area (Å²) in [5, 5.41) is 20.9. The molecule has 1 aliphatic rings. The summed E-state index contributed by atoms with van der Waals surface area (Å²) in [5.74, 6) is -1.64. The van der Waals surface area contributed by atoms with Gasteiger partial charge in [-0.2, -0.15) is 5.26 Å². The van der Waals surface area contributed by atoms with Gasteiger partial charge in [-0.1, -0.05) is 19.3 Å². The first-order valence-corrected chi connectivity index (χ1v) is 7.15. The van der Waals surface area contributed by atoms with Crippen LogP contribution in [0.25, 0.3) is 0 Å². The molecular formula is C16H18N2O3. The Hall–Kier alpha value is -2.35. The Morgan fingerprint density at radius 1 is 1.14 bits per heavy atom. The van der Waals surface area contributed by atoms with Crippen molar-refractivity contribution >= 4 is 11.9 Å². The summed E-state index contributed by atoms with van der Waals surface area (Å²) in [6.07, 6.45) is 4.13. The number of carboxylic acids is 1. The fraction of sp³-hybridized carbons (Fsp3) is 0.438. The first kappa shape index (κ1) is 15.0. The quantitative estimate of drug-likeness (QED) is 0.834. The van der Waals surface area contributed by atoms with Gasteiger partial charge in [0, 0.05) is 11.6 Å². The zero-order chi connectivity index (χ0) is 15.2. The molecule has 5 heteroatoms. The Morgan fingerprint density at radius 3 is 2.43 bits per heavy atom. The lowest BCUT2D eigenvalue weighted by atomic mass is 9.94. The van der Waals surface area contributed by atoms with Gasteiger partial charge < -0.3 is 10.4 Å². The van der Waals surface area contributed by atoms with E-state index in [0.29, 0.717) is 24.0 Å². The minimum absolute atomic E-state index is 0.280. The number of hydrogen-bond donors (Lipinski definition) is 2. The second-order valence-corrected chi connectivity index (χ2v) is 5.35. The van der Waals surface area contributed by atoms with E-state index in [1.807, 2.05) is 6.07 Å². The number of carbonyl (C=O) groups is 2. The highest BCUT2D eigenvalue weighted by Gasteiger charge is 2.30. The molecule has 2 N–H and O–H groups in total. The van der Waals surface area contributed by atoms with Crippen LogP contribution in [0.2, 0.25) is 0 Å². The molecule has 0 bridgehead atoms. The maximum absolute atomic E-state index is 12.2. The van der Waals surface area contributed by atoms with E-state index < -0.39 is 11.9 Å². The van der Waals surface area contributed by atoms with Crippen LogP contribution in [0.4, 0.5) is 0 Å². The molecule has 110 valence electrons. The molecule has 2 unspecified atom stereocenters. The minimum Gasteiger partial charge on any atom is -0.481 e. The zero-order valence-corrected chi connectivity index (χ0v) is 11.7. The average molecular weight is 286 g/mol. The van der Waals surface area contributed by atoms with E-state index in [2.05, 4.69) is 5.32 Å². The number of aliphatic carboxylic acids is 1. The Balaban J connectivity index is 2.08. The summed E-state index contributed by atoms with van der Waals surface area (Å²) in [6, 6.07) is 8.00. The number of nitriles is 1. The highest BCUT2D eigenvalue weighted by molar-refractivity contribution is 5.94. The van der Waals surface area contributed by atoms with Crippen LogP contribution in [0.5, 0.6) is 0 Å². The molecule has 1 fully saturated rings. The number of hydrogen-bond acceptors (Lipinski definition) is 3. The van der Waals surface area contributed by atoms with Gasteiger partial charge >= 0.3 is 5.97 Å². The number of benzene rings is 1. The van der Waals surface area contributed by atoms with Crippen LogP contribution in [0, 0.1) is 17.2 Å².